The van der Waals surface area contributed by atoms with Crippen molar-refractivity contribution in [2.45, 2.75) is 46.0 Å². The predicted molar refractivity (Wildman–Crippen MR) is 97.1 cm³/mol. The summed E-state index contributed by atoms with van der Waals surface area (Å²) in [5, 5.41) is 3.02. The zero-order valence-corrected chi connectivity index (χ0v) is 15.1. The molecule has 2 rings (SSSR count). The Kier molecular flexibility index (Phi) is 6.05. The summed E-state index contributed by atoms with van der Waals surface area (Å²) in [6, 6.07) is 8.20. The third-order valence-electron chi connectivity index (χ3n) is 4.49. The molecule has 0 unspecified atom stereocenters. The van der Waals surface area contributed by atoms with Gasteiger partial charge in [0.1, 0.15) is 0 Å². The number of benzene rings is 1. The van der Waals surface area contributed by atoms with Gasteiger partial charge in [-0.1, -0.05) is 46.2 Å². The fraction of sp³-hybridized carbons (Fsp3) is 0.632. The highest BCUT2D eigenvalue weighted by atomic mass is 16.2. The number of hydrogen-bond donors (Lipinski definition) is 1. The molecule has 1 saturated heterocycles. The van der Waals surface area contributed by atoms with Crippen LogP contribution in [0.5, 0.6) is 0 Å². The lowest BCUT2D eigenvalue weighted by Crippen LogP contribution is -2.50. The van der Waals surface area contributed by atoms with Crippen molar-refractivity contribution < 1.29 is 4.79 Å². The minimum atomic E-state index is 0.0173. The van der Waals surface area contributed by atoms with Crippen LogP contribution in [0.3, 0.4) is 0 Å². The van der Waals surface area contributed by atoms with Crippen LogP contribution >= 0.6 is 0 Å². The van der Waals surface area contributed by atoms with Gasteiger partial charge in [-0.3, -0.25) is 4.90 Å². The lowest BCUT2D eigenvalue weighted by atomic mass is 9.87. The minimum Gasteiger partial charge on any atom is -0.322 e. The molecule has 1 heterocycles. The molecule has 1 aliphatic rings. The first-order valence-electron chi connectivity index (χ1n) is 8.79. The van der Waals surface area contributed by atoms with Crippen molar-refractivity contribution in [3.63, 3.8) is 0 Å². The highest BCUT2D eigenvalue weighted by molar-refractivity contribution is 5.89. The second-order valence-corrected chi connectivity index (χ2v) is 7.44. The van der Waals surface area contributed by atoms with Gasteiger partial charge in [-0.05, 0) is 36.1 Å². The molecular formula is C19H31N3O. The molecule has 0 atom stereocenters. The molecule has 0 radical (unpaired) electrons. The van der Waals surface area contributed by atoms with Crippen LogP contribution in [0.15, 0.2) is 24.3 Å². The van der Waals surface area contributed by atoms with Gasteiger partial charge in [0, 0.05) is 31.9 Å². The summed E-state index contributed by atoms with van der Waals surface area (Å²) in [6.45, 7) is 13.5. The Hall–Kier alpha value is -1.55. The van der Waals surface area contributed by atoms with Gasteiger partial charge in [0.25, 0.3) is 0 Å². The summed E-state index contributed by atoms with van der Waals surface area (Å²) in [4.78, 5) is 16.7. The average molecular weight is 317 g/mol. The largest absolute Gasteiger partial charge is 0.322 e. The first-order valence-corrected chi connectivity index (χ1v) is 8.79. The second-order valence-electron chi connectivity index (χ2n) is 7.44. The maximum Gasteiger partial charge on any atom is 0.321 e. The lowest BCUT2D eigenvalue weighted by Gasteiger charge is -2.34. The van der Waals surface area contributed by atoms with Crippen LogP contribution in [-0.2, 0) is 5.41 Å². The molecule has 0 aromatic heterocycles. The molecule has 4 heteroatoms. The molecular weight excluding hydrogens is 286 g/mol. The van der Waals surface area contributed by atoms with Crippen LogP contribution in [0, 0.1) is 0 Å². The fourth-order valence-electron chi connectivity index (χ4n) is 2.81. The number of unbranched alkanes of at least 4 members (excludes halogenated alkanes) is 1. The number of amides is 2. The highest BCUT2D eigenvalue weighted by Crippen LogP contribution is 2.23. The van der Waals surface area contributed by atoms with Crippen molar-refractivity contribution in [2.24, 2.45) is 0 Å². The van der Waals surface area contributed by atoms with Gasteiger partial charge < -0.3 is 10.2 Å². The Labute approximate surface area is 140 Å². The quantitative estimate of drug-likeness (QED) is 0.913. The van der Waals surface area contributed by atoms with Gasteiger partial charge in [-0.25, -0.2) is 4.79 Å². The standard InChI is InChI=1S/C19H31N3O/c1-5-6-11-21-12-14-22(15-13-21)18(23)20-17-9-7-16(8-10-17)19(2,3)4/h7-10H,5-6,11-15H2,1-4H3,(H,20,23). The summed E-state index contributed by atoms with van der Waals surface area (Å²) in [7, 11) is 0. The van der Waals surface area contributed by atoms with Crippen LogP contribution in [0.4, 0.5) is 10.5 Å². The van der Waals surface area contributed by atoms with Gasteiger partial charge in [-0.15, -0.1) is 0 Å². The van der Waals surface area contributed by atoms with E-state index in [1.54, 1.807) is 0 Å². The molecule has 23 heavy (non-hydrogen) atoms. The minimum absolute atomic E-state index is 0.0173. The van der Waals surface area contributed by atoms with E-state index in [0.717, 1.165) is 38.4 Å². The van der Waals surface area contributed by atoms with E-state index >= 15 is 0 Å². The van der Waals surface area contributed by atoms with E-state index in [1.807, 2.05) is 17.0 Å². The zero-order chi connectivity index (χ0) is 16.9. The van der Waals surface area contributed by atoms with E-state index in [1.165, 1.54) is 18.4 Å². The molecule has 4 nitrogen and oxygen atoms in total. The summed E-state index contributed by atoms with van der Waals surface area (Å²) in [5.41, 5.74) is 2.29. The van der Waals surface area contributed by atoms with E-state index < -0.39 is 0 Å². The van der Waals surface area contributed by atoms with Crippen molar-refractivity contribution in [1.82, 2.24) is 9.80 Å². The van der Waals surface area contributed by atoms with E-state index in [2.05, 4.69) is 50.0 Å². The Morgan fingerprint density at radius 1 is 1.09 bits per heavy atom. The SMILES string of the molecule is CCCCN1CCN(C(=O)Nc2ccc(C(C)(C)C)cc2)CC1. The molecule has 0 saturated carbocycles. The second kappa shape index (κ2) is 7.82. The van der Waals surface area contributed by atoms with Gasteiger partial charge in [-0.2, -0.15) is 0 Å². The maximum absolute atomic E-state index is 12.4. The fourth-order valence-corrected chi connectivity index (χ4v) is 2.81. The Bertz CT molecular complexity index is 496. The third kappa shape index (κ3) is 5.24. The normalized spacial score (nSPS) is 16.4. The van der Waals surface area contributed by atoms with Crippen molar-refractivity contribution in [3.05, 3.63) is 29.8 Å². The molecule has 0 bridgehead atoms. The van der Waals surface area contributed by atoms with E-state index in [0.29, 0.717) is 0 Å². The zero-order valence-electron chi connectivity index (χ0n) is 15.1. The van der Waals surface area contributed by atoms with Crippen LogP contribution < -0.4 is 5.32 Å². The first kappa shape index (κ1) is 17.8. The average Bonchev–Trinajstić information content (AvgIpc) is 2.53. The van der Waals surface area contributed by atoms with E-state index in [4.69, 9.17) is 0 Å². The monoisotopic (exact) mass is 317 g/mol. The van der Waals surface area contributed by atoms with Gasteiger partial charge in [0.05, 0.1) is 0 Å². The molecule has 1 aromatic carbocycles. The summed E-state index contributed by atoms with van der Waals surface area (Å²) >= 11 is 0. The lowest BCUT2D eigenvalue weighted by molar-refractivity contribution is 0.146. The smallest absolute Gasteiger partial charge is 0.321 e. The van der Waals surface area contributed by atoms with Crippen molar-refractivity contribution in [1.29, 1.82) is 0 Å². The predicted octanol–water partition coefficient (Wildman–Crippen LogP) is 3.93. The molecule has 1 aromatic rings. The third-order valence-corrected chi connectivity index (χ3v) is 4.49. The van der Waals surface area contributed by atoms with Crippen molar-refractivity contribution in [2.75, 3.05) is 38.0 Å². The van der Waals surface area contributed by atoms with Crippen LogP contribution in [-0.4, -0.2) is 48.6 Å². The molecule has 1 N–H and O–H groups in total. The van der Waals surface area contributed by atoms with E-state index in [9.17, 15) is 4.79 Å². The Morgan fingerprint density at radius 3 is 2.22 bits per heavy atom. The summed E-state index contributed by atoms with van der Waals surface area (Å²) in [6.07, 6.45) is 2.47. The van der Waals surface area contributed by atoms with E-state index in [-0.39, 0.29) is 11.4 Å². The van der Waals surface area contributed by atoms with Gasteiger partial charge in [0.2, 0.25) is 0 Å². The number of nitrogens with zero attached hydrogens (tertiary/aromatic N) is 2. The number of carbonyl (C=O) groups excluding carboxylic acids is 1. The number of rotatable bonds is 4. The Morgan fingerprint density at radius 2 is 1.70 bits per heavy atom. The number of carbonyl (C=O) groups is 1. The number of nitrogens with one attached hydrogen (secondary N) is 1. The molecule has 1 aliphatic heterocycles. The molecule has 2 amide bonds. The first-order chi connectivity index (χ1) is 10.9. The number of hydrogen-bond acceptors (Lipinski definition) is 2. The number of piperazine rings is 1. The van der Waals surface area contributed by atoms with Crippen LogP contribution in [0.25, 0.3) is 0 Å². The van der Waals surface area contributed by atoms with Gasteiger partial charge in [0.15, 0.2) is 0 Å². The summed E-state index contributed by atoms with van der Waals surface area (Å²) < 4.78 is 0. The van der Waals surface area contributed by atoms with Crippen molar-refractivity contribution >= 4 is 11.7 Å². The molecule has 128 valence electrons. The maximum atomic E-state index is 12.4. The van der Waals surface area contributed by atoms with Crippen molar-refractivity contribution in [3.8, 4) is 0 Å². The Balaban J connectivity index is 1.83. The summed E-state index contributed by atoms with van der Waals surface area (Å²) in [5.74, 6) is 0. The number of anilines is 1. The van der Waals surface area contributed by atoms with Crippen LogP contribution in [0.2, 0.25) is 0 Å². The van der Waals surface area contributed by atoms with Gasteiger partial charge >= 0.3 is 6.03 Å². The topological polar surface area (TPSA) is 35.6 Å². The molecule has 0 aliphatic carbocycles. The van der Waals surface area contributed by atoms with Crippen LogP contribution in [0.1, 0.15) is 46.1 Å². The number of urea groups is 1. The molecule has 0 spiro atoms. The molecule has 1 fully saturated rings. The highest BCUT2D eigenvalue weighted by Gasteiger charge is 2.21.